The number of hydrogen-bond acceptors (Lipinski definition) is 5. The molecule has 0 aliphatic carbocycles. The number of benzene rings is 1. The maximum absolute atomic E-state index is 9.54. The number of hydrogen-bond donors (Lipinski definition) is 1. The second-order valence-corrected chi connectivity index (χ2v) is 3.98. The van der Waals surface area contributed by atoms with Gasteiger partial charge in [-0.15, -0.1) is 0 Å². The Kier molecular flexibility index (Phi) is 3.94. The highest BCUT2D eigenvalue weighted by Gasteiger charge is 2.14. The lowest BCUT2D eigenvalue weighted by atomic mass is 10.2. The lowest BCUT2D eigenvalue weighted by molar-refractivity contribution is 0.158. The number of ether oxygens (including phenoxy) is 1. The predicted octanol–water partition coefficient (Wildman–Crippen LogP) is 2.06. The molecule has 18 heavy (non-hydrogen) atoms. The lowest BCUT2D eigenvalue weighted by Gasteiger charge is -2.03. The van der Waals surface area contributed by atoms with E-state index < -0.39 is 6.10 Å². The number of para-hydroxylation sites is 1. The van der Waals surface area contributed by atoms with Crippen molar-refractivity contribution in [1.82, 2.24) is 10.1 Å². The Balaban J connectivity index is 2.24. The van der Waals surface area contributed by atoms with E-state index in [0.29, 0.717) is 30.3 Å². The number of methoxy groups -OCH3 is 1. The van der Waals surface area contributed by atoms with Gasteiger partial charge in [-0.2, -0.15) is 4.98 Å². The van der Waals surface area contributed by atoms with Crippen LogP contribution in [0.15, 0.2) is 28.8 Å². The van der Waals surface area contributed by atoms with Crippen LogP contribution >= 0.6 is 0 Å². The van der Waals surface area contributed by atoms with E-state index in [4.69, 9.17) is 9.26 Å². The summed E-state index contributed by atoms with van der Waals surface area (Å²) in [5.41, 5.74) is 0.779. The zero-order valence-electron chi connectivity index (χ0n) is 10.5. The molecule has 1 unspecified atom stereocenters. The zero-order chi connectivity index (χ0) is 13.0. The molecular weight excluding hydrogens is 232 g/mol. The molecule has 1 atom stereocenters. The van der Waals surface area contributed by atoms with Crippen LogP contribution < -0.4 is 4.74 Å². The van der Waals surface area contributed by atoms with E-state index in [1.807, 2.05) is 31.2 Å². The number of aliphatic hydroxyl groups excluding tert-OH is 1. The zero-order valence-corrected chi connectivity index (χ0v) is 10.5. The molecule has 0 aliphatic heterocycles. The topological polar surface area (TPSA) is 68.4 Å². The Labute approximate surface area is 105 Å². The fraction of sp³-hybridized carbons (Fsp3) is 0.385. The van der Waals surface area contributed by atoms with Crippen LogP contribution in [0.4, 0.5) is 0 Å². The molecule has 1 N–H and O–H groups in total. The summed E-state index contributed by atoms with van der Waals surface area (Å²) in [6.07, 6.45) is 0.585. The second-order valence-electron chi connectivity index (χ2n) is 3.98. The van der Waals surface area contributed by atoms with Crippen molar-refractivity contribution in [2.45, 2.75) is 25.9 Å². The number of rotatable bonds is 5. The van der Waals surface area contributed by atoms with E-state index in [1.54, 1.807) is 7.11 Å². The van der Waals surface area contributed by atoms with Crippen LogP contribution in [0.1, 0.15) is 19.2 Å². The van der Waals surface area contributed by atoms with Crippen LogP contribution in [0.3, 0.4) is 0 Å². The molecule has 0 saturated carbocycles. The molecule has 0 bridgehead atoms. The van der Waals surface area contributed by atoms with Crippen molar-refractivity contribution in [3.63, 3.8) is 0 Å². The second kappa shape index (κ2) is 5.64. The van der Waals surface area contributed by atoms with Crippen LogP contribution in [0.25, 0.3) is 11.4 Å². The molecule has 96 valence electrons. The van der Waals surface area contributed by atoms with Gasteiger partial charge in [0.15, 0.2) is 0 Å². The first-order valence-electron chi connectivity index (χ1n) is 5.88. The SMILES string of the molecule is CCC(O)Cc1nc(-c2ccccc2OC)no1. The molecule has 1 aromatic carbocycles. The van der Waals surface area contributed by atoms with Crippen LogP contribution in [0.2, 0.25) is 0 Å². The van der Waals surface area contributed by atoms with E-state index in [9.17, 15) is 5.11 Å². The van der Waals surface area contributed by atoms with Gasteiger partial charge >= 0.3 is 0 Å². The minimum atomic E-state index is -0.448. The van der Waals surface area contributed by atoms with Crippen LogP contribution in [-0.2, 0) is 6.42 Å². The summed E-state index contributed by atoms with van der Waals surface area (Å²) in [5.74, 6) is 1.61. The third kappa shape index (κ3) is 2.68. The Hall–Kier alpha value is -1.88. The minimum absolute atomic E-state index is 0.374. The molecule has 0 saturated heterocycles. The van der Waals surface area contributed by atoms with Gasteiger partial charge in [-0.25, -0.2) is 0 Å². The first-order chi connectivity index (χ1) is 8.74. The summed E-state index contributed by atoms with van der Waals surface area (Å²) in [4.78, 5) is 4.26. The first kappa shape index (κ1) is 12.6. The lowest BCUT2D eigenvalue weighted by Crippen LogP contribution is -2.08. The van der Waals surface area contributed by atoms with Crippen molar-refractivity contribution >= 4 is 0 Å². The van der Waals surface area contributed by atoms with Crippen molar-refractivity contribution in [2.75, 3.05) is 7.11 Å². The maximum atomic E-state index is 9.54. The quantitative estimate of drug-likeness (QED) is 0.877. The Morgan fingerprint density at radius 1 is 1.39 bits per heavy atom. The van der Waals surface area contributed by atoms with Crippen molar-refractivity contribution in [1.29, 1.82) is 0 Å². The summed E-state index contributed by atoms with van der Waals surface area (Å²) in [5, 5.41) is 13.4. The van der Waals surface area contributed by atoms with Gasteiger partial charge < -0.3 is 14.4 Å². The standard InChI is InChI=1S/C13H16N2O3/c1-3-9(16)8-12-14-13(15-18-12)10-6-4-5-7-11(10)17-2/h4-7,9,16H,3,8H2,1-2H3. The summed E-state index contributed by atoms with van der Waals surface area (Å²) >= 11 is 0. The average molecular weight is 248 g/mol. The van der Waals surface area contributed by atoms with Gasteiger partial charge in [-0.05, 0) is 18.6 Å². The van der Waals surface area contributed by atoms with E-state index in [0.717, 1.165) is 5.56 Å². The molecule has 0 radical (unpaired) electrons. The van der Waals surface area contributed by atoms with Gasteiger partial charge in [0.05, 0.1) is 25.2 Å². The molecule has 2 aromatic rings. The van der Waals surface area contributed by atoms with Crippen LogP contribution in [-0.4, -0.2) is 28.5 Å². The number of aliphatic hydroxyl groups is 1. The van der Waals surface area contributed by atoms with Crippen LogP contribution in [0, 0.1) is 0 Å². The van der Waals surface area contributed by atoms with Crippen LogP contribution in [0.5, 0.6) is 5.75 Å². The minimum Gasteiger partial charge on any atom is -0.496 e. The van der Waals surface area contributed by atoms with Gasteiger partial charge in [-0.1, -0.05) is 24.2 Å². The molecule has 1 aromatic heterocycles. The molecule has 0 amide bonds. The van der Waals surface area contributed by atoms with Crippen molar-refractivity contribution in [2.24, 2.45) is 0 Å². The fourth-order valence-corrected chi connectivity index (χ4v) is 1.62. The first-order valence-corrected chi connectivity index (χ1v) is 5.88. The van der Waals surface area contributed by atoms with Crippen molar-refractivity contribution < 1.29 is 14.4 Å². The molecule has 0 fully saturated rings. The van der Waals surface area contributed by atoms with Gasteiger partial charge in [-0.3, -0.25) is 0 Å². The summed E-state index contributed by atoms with van der Waals surface area (Å²) < 4.78 is 10.4. The highest BCUT2D eigenvalue weighted by Crippen LogP contribution is 2.27. The molecule has 0 aliphatic rings. The molecule has 5 nitrogen and oxygen atoms in total. The smallest absolute Gasteiger partial charge is 0.229 e. The number of aromatic nitrogens is 2. The van der Waals surface area contributed by atoms with Gasteiger partial charge in [0, 0.05) is 0 Å². The number of nitrogens with zero attached hydrogens (tertiary/aromatic N) is 2. The van der Waals surface area contributed by atoms with E-state index in [2.05, 4.69) is 10.1 Å². The average Bonchev–Trinajstić information content (AvgIpc) is 2.86. The van der Waals surface area contributed by atoms with Gasteiger partial charge in [0.2, 0.25) is 11.7 Å². The normalized spacial score (nSPS) is 12.4. The maximum Gasteiger partial charge on any atom is 0.229 e. The summed E-state index contributed by atoms with van der Waals surface area (Å²) in [6.45, 7) is 1.90. The molecular formula is C13H16N2O3. The van der Waals surface area contributed by atoms with Gasteiger partial charge in [0.1, 0.15) is 5.75 Å². The van der Waals surface area contributed by atoms with E-state index in [-0.39, 0.29) is 0 Å². The third-order valence-corrected chi connectivity index (χ3v) is 2.70. The Bertz CT molecular complexity index is 510. The van der Waals surface area contributed by atoms with Crippen molar-refractivity contribution in [3.05, 3.63) is 30.2 Å². The van der Waals surface area contributed by atoms with Crippen molar-refractivity contribution in [3.8, 4) is 17.1 Å². The summed E-state index contributed by atoms with van der Waals surface area (Å²) in [6, 6.07) is 7.47. The monoisotopic (exact) mass is 248 g/mol. The highest BCUT2D eigenvalue weighted by molar-refractivity contribution is 5.63. The van der Waals surface area contributed by atoms with Gasteiger partial charge in [0.25, 0.3) is 0 Å². The van der Waals surface area contributed by atoms with E-state index in [1.165, 1.54) is 0 Å². The predicted molar refractivity (Wildman–Crippen MR) is 66.3 cm³/mol. The molecule has 0 spiro atoms. The summed E-state index contributed by atoms with van der Waals surface area (Å²) in [7, 11) is 1.60. The molecule has 5 heteroatoms. The fourth-order valence-electron chi connectivity index (χ4n) is 1.62. The largest absolute Gasteiger partial charge is 0.496 e. The highest BCUT2D eigenvalue weighted by atomic mass is 16.5. The van der Waals surface area contributed by atoms with E-state index >= 15 is 0 Å². The Morgan fingerprint density at radius 3 is 2.89 bits per heavy atom. The molecule has 2 rings (SSSR count). The Morgan fingerprint density at radius 2 is 2.17 bits per heavy atom. The molecule has 1 heterocycles. The third-order valence-electron chi connectivity index (χ3n) is 2.70.